The average molecular weight is 215 g/mol. The zero-order valence-electron chi connectivity index (χ0n) is 10.4. The molecular formula is C12H25NO2. The van der Waals surface area contributed by atoms with E-state index in [2.05, 4.69) is 18.7 Å². The van der Waals surface area contributed by atoms with Crippen LogP contribution in [0, 0.1) is 0 Å². The van der Waals surface area contributed by atoms with E-state index in [1.807, 2.05) is 0 Å². The molecule has 0 radical (unpaired) electrons. The maximum absolute atomic E-state index is 5.74. The predicted molar refractivity (Wildman–Crippen MR) is 62.2 cm³/mol. The van der Waals surface area contributed by atoms with Gasteiger partial charge in [-0.25, -0.2) is 0 Å². The van der Waals surface area contributed by atoms with Crippen LogP contribution in [0.2, 0.25) is 0 Å². The van der Waals surface area contributed by atoms with Crippen molar-refractivity contribution in [2.45, 2.75) is 45.3 Å². The lowest BCUT2D eigenvalue weighted by molar-refractivity contribution is 0.0202. The summed E-state index contributed by atoms with van der Waals surface area (Å²) in [6.45, 7) is 8.31. The number of methoxy groups -OCH3 is 1. The number of hydrogen-bond acceptors (Lipinski definition) is 3. The minimum absolute atomic E-state index is 0.430. The molecule has 0 aliphatic carbocycles. The Hall–Kier alpha value is -0.120. The van der Waals surface area contributed by atoms with Crippen molar-refractivity contribution in [3.05, 3.63) is 0 Å². The first-order valence-electron chi connectivity index (χ1n) is 6.12. The van der Waals surface area contributed by atoms with Crippen LogP contribution in [0.4, 0.5) is 0 Å². The van der Waals surface area contributed by atoms with Crippen LogP contribution in [0.3, 0.4) is 0 Å². The molecule has 15 heavy (non-hydrogen) atoms. The SMILES string of the molecule is CCCC(C)N1CCC(OCCOC)C1. The Kier molecular flexibility index (Phi) is 6.22. The Morgan fingerprint density at radius 3 is 2.87 bits per heavy atom. The molecule has 0 aromatic rings. The highest BCUT2D eigenvalue weighted by Crippen LogP contribution is 2.17. The molecule has 0 bridgehead atoms. The van der Waals surface area contributed by atoms with Crippen molar-refractivity contribution in [1.82, 2.24) is 4.90 Å². The zero-order valence-corrected chi connectivity index (χ0v) is 10.4. The molecule has 1 rings (SSSR count). The van der Waals surface area contributed by atoms with E-state index < -0.39 is 0 Å². The lowest BCUT2D eigenvalue weighted by Gasteiger charge is -2.23. The Balaban J connectivity index is 2.14. The van der Waals surface area contributed by atoms with Crippen molar-refractivity contribution >= 4 is 0 Å². The fraction of sp³-hybridized carbons (Fsp3) is 1.00. The average Bonchev–Trinajstić information content (AvgIpc) is 2.67. The molecule has 90 valence electrons. The molecule has 0 N–H and O–H groups in total. The van der Waals surface area contributed by atoms with E-state index in [1.165, 1.54) is 25.8 Å². The second kappa shape index (κ2) is 7.20. The summed E-state index contributed by atoms with van der Waals surface area (Å²) in [4.78, 5) is 2.54. The lowest BCUT2D eigenvalue weighted by Crippen LogP contribution is -2.32. The van der Waals surface area contributed by atoms with E-state index in [-0.39, 0.29) is 0 Å². The van der Waals surface area contributed by atoms with Gasteiger partial charge < -0.3 is 9.47 Å². The summed E-state index contributed by atoms with van der Waals surface area (Å²) < 4.78 is 10.7. The van der Waals surface area contributed by atoms with Crippen LogP contribution in [0.1, 0.15) is 33.1 Å². The van der Waals surface area contributed by atoms with E-state index in [0.717, 1.165) is 13.2 Å². The van der Waals surface area contributed by atoms with Crippen molar-refractivity contribution in [2.24, 2.45) is 0 Å². The molecule has 0 spiro atoms. The van der Waals surface area contributed by atoms with Crippen LogP contribution in [0.25, 0.3) is 0 Å². The topological polar surface area (TPSA) is 21.7 Å². The van der Waals surface area contributed by atoms with Gasteiger partial charge in [0.05, 0.1) is 19.3 Å². The van der Waals surface area contributed by atoms with Gasteiger partial charge in [-0.3, -0.25) is 4.90 Å². The molecule has 1 aliphatic rings. The molecule has 2 atom stereocenters. The second-order valence-corrected chi connectivity index (χ2v) is 4.41. The quantitative estimate of drug-likeness (QED) is 0.606. The van der Waals surface area contributed by atoms with Crippen LogP contribution in [0.15, 0.2) is 0 Å². The van der Waals surface area contributed by atoms with Crippen molar-refractivity contribution in [1.29, 1.82) is 0 Å². The number of hydrogen-bond donors (Lipinski definition) is 0. The number of ether oxygens (including phenoxy) is 2. The van der Waals surface area contributed by atoms with Gasteiger partial charge in [-0.15, -0.1) is 0 Å². The van der Waals surface area contributed by atoms with Crippen molar-refractivity contribution in [3.63, 3.8) is 0 Å². The highest BCUT2D eigenvalue weighted by atomic mass is 16.5. The molecule has 3 heteroatoms. The summed E-state index contributed by atoms with van der Waals surface area (Å²) in [7, 11) is 1.72. The van der Waals surface area contributed by atoms with Gasteiger partial charge in [0.2, 0.25) is 0 Å². The minimum Gasteiger partial charge on any atom is -0.382 e. The monoisotopic (exact) mass is 215 g/mol. The summed E-state index contributed by atoms with van der Waals surface area (Å²) in [6, 6.07) is 0.714. The maximum Gasteiger partial charge on any atom is 0.0715 e. The first kappa shape index (κ1) is 12.9. The number of rotatable bonds is 7. The van der Waals surface area contributed by atoms with Crippen molar-refractivity contribution in [3.8, 4) is 0 Å². The second-order valence-electron chi connectivity index (χ2n) is 4.41. The normalized spacial score (nSPS) is 24.6. The Morgan fingerprint density at radius 2 is 2.20 bits per heavy atom. The zero-order chi connectivity index (χ0) is 11.1. The van der Waals surface area contributed by atoms with Crippen LogP contribution < -0.4 is 0 Å². The van der Waals surface area contributed by atoms with Crippen LogP contribution >= 0.6 is 0 Å². The third-order valence-electron chi connectivity index (χ3n) is 3.15. The first-order valence-corrected chi connectivity index (χ1v) is 6.12. The van der Waals surface area contributed by atoms with Crippen LogP contribution in [-0.2, 0) is 9.47 Å². The largest absolute Gasteiger partial charge is 0.382 e. The molecule has 1 saturated heterocycles. The molecular weight excluding hydrogens is 190 g/mol. The minimum atomic E-state index is 0.430. The third-order valence-corrected chi connectivity index (χ3v) is 3.15. The van der Waals surface area contributed by atoms with E-state index in [9.17, 15) is 0 Å². The van der Waals surface area contributed by atoms with Crippen LogP contribution in [-0.4, -0.2) is 50.5 Å². The highest BCUT2D eigenvalue weighted by Gasteiger charge is 2.25. The lowest BCUT2D eigenvalue weighted by atomic mass is 10.2. The molecule has 3 nitrogen and oxygen atoms in total. The van der Waals surface area contributed by atoms with Gasteiger partial charge in [0, 0.05) is 26.2 Å². The summed E-state index contributed by atoms with van der Waals surface area (Å²) in [5.74, 6) is 0. The van der Waals surface area contributed by atoms with Gasteiger partial charge in [-0.2, -0.15) is 0 Å². The van der Waals surface area contributed by atoms with Gasteiger partial charge in [0.15, 0.2) is 0 Å². The maximum atomic E-state index is 5.74. The van der Waals surface area contributed by atoms with Crippen LogP contribution in [0.5, 0.6) is 0 Å². The Morgan fingerprint density at radius 1 is 1.40 bits per heavy atom. The van der Waals surface area contributed by atoms with E-state index in [4.69, 9.17) is 9.47 Å². The summed E-state index contributed by atoms with van der Waals surface area (Å²) in [6.07, 6.45) is 4.18. The number of nitrogens with zero attached hydrogens (tertiary/aromatic N) is 1. The molecule has 0 saturated carbocycles. The standard InChI is InChI=1S/C12H25NO2/c1-4-5-11(2)13-7-6-12(10-13)15-9-8-14-3/h11-12H,4-10H2,1-3H3. The summed E-state index contributed by atoms with van der Waals surface area (Å²) in [5, 5.41) is 0. The Labute approximate surface area is 93.7 Å². The molecule has 0 aromatic carbocycles. The fourth-order valence-electron chi connectivity index (χ4n) is 2.19. The summed E-state index contributed by atoms with van der Waals surface area (Å²) in [5.41, 5.74) is 0. The molecule has 0 aromatic heterocycles. The molecule has 1 aliphatic heterocycles. The first-order chi connectivity index (χ1) is 7.27. The van der Waals surface area contributed by atoms with Gasteiger partial charge >= 0.3 is 0 Å². The van der Waals surface area contributed by atoms with Gasteiger partial charge in [-0.05, 0) is 19.8 Å². The van der Waals surface area contributed by atoms with E-state index in [1.54, 1.807) is 7.11 Å². The Bertz CT molecular complexity index is 164. The number of likely N-dealkylation sites (tertiary alicyclic amines) is 1. The summed E-state index contributed by atoms with van der Waals surface area (Å²) >= 11 is 0. The smallest absolute Gasteiger partial charge is 0.0715 e. The van der Waals surface area contributed by atoms with E-state index in [0.29, 0.717) is 18.8 Å². The van der Waals surface area contributed by atoms with Gasteiger partial charge in [-0.1, -0.05) is 13.3 Å². The predicted octanol–water partition coefficient (Wildman–Crippen LogP) is 1.91. The van der Waals surface area contributed by atoms with Crippen molar-refractivity contribution < 1.29 is 9.47 Å². The molecule has 2 unspecified atom stereocenters. The van der Waals surface area contributed by atoms with Crippen molar-refractivity contribution in [2.75, 3.05) is 33.4 Å². The molecule has 0 amide bonds. The molecule has 1 heterocycles. The third kappa shape index (κ3) is 4.49. The van der Waals surface area contributed by atoms with Gasteiger partial charge in [0.1, 0.15) is 0 Å². The van der Waals surface area contributed by atoms with Gasteiger partial charge in [0.25, 0.3) is 0 Å². The van der Waals surface area contributed by atoms with E-state index >= 15 is 0 Å². The molecule has 1 fully saturated rings. The fourth-order valence-corrected chi connectivity index (χ4v) is 2.19. The highest BCUT2D eigenvalue weighted by molar-refractivity contribution is 4.79.